The summed E-state index contributed by atoms with van der Waals surface area (Å²) in [5.74, 6) is 0.232. The van der Waals surface area contributed by atoms with Crippen molar-refractivity contribution in [1.82, 2.24) is 10.6 Å². The Morgan fingerprint density at radius 2 is 2.32 bits per heavy atom. The number of ether oxygens (including phenoxy) is 1. The van der Waals surface area contributed by atoms with Gasteiger partial charge in [-0.25, -0.2) is 0 Å². The maximum atomic E-state index is 11.5. The van der Waals surface area contributed by atoms with E-state index in [0.717, 1.165) is 42.7 Å². The molecule has 0 spiro atoms. The van der Waals surface area contributed by atoms with E-state index in [2.05, 4.69) is 26.6 Å². The van der Waals surface area contributed by atoms with Crippen molar-refractivity contribution < 1.29 is 9.53 Å². The number of carbonyl (C=O) groups is 1. The number of nitrogens with zero attached hydrogens (tertiary/aromatic N) is 2. The third-order valence-corrected chi connectivity index (χ3v) is 4.41. The zero-order valence-corrected chi connectivity index (χ0v) is 15.8. The predicted octanol–water partition coefficient (Wildman–Crippen LogP) is 2.28. The summed E-state index contributed by atoms with van der Waals surface area (Å²) in [6.07, 6.45) is 1.02. The highest BCUT2D eigenvalue weighted by atomic mass is 35.5. The highest BCUT2D eigenvalue weighted by Gasteiger charge is 2.23. The van der Waals surface area contributed by atoms with E-state index in [1.807, 2.05) is 32.0 Å². The minimum Gasteiger partial charge on any atom is -0.469 e. The van der Waals surface area contributed by atoms with Gasteiger partial charge in [0.15, 0.2) is 5.96 Å². The number of esters is 1. The molecule has 0 aromatic heterocycles. The lowest BCUT2D eigenvalue weighted by Gasteiger charge is -2.20. The molecule has 0 radical (unpaired) electrons. The number of methoxy groups -OCH3 is 1. The minimum absolute atomic E-state index is 0.243. The van der Waals surface area contributed by atoms with Crippen LogP contribution < -0.4 is 15.5 Å². The molecule has 25 heavy (non-hydrogen) atoms. The Balaban J connectivity index is 1.93. The molecule has 0 bridgehead atoms. The monoisotopic (exact) mass is 366 g/mol. The van der Waals surface area contributed by atoms with Crippen LogP contribution in [-0.4, -0.2) is 51.3 Å². The Labute approximate surface area is 154 Å². The molecule has 6 nitrogen and oxygen atoms in total. The number of carbonyl (C=O) groups excluding carboxylic acids is 1. The van der Waals surface area contributed by atoms with Crippen molar-refractivity contribution in [3.05, 3.63) is 29.3 Å². The number of hydrogen-bond acceptors (Lipinski definition) is 4. The van der Waals surface area contributed by atoms with Crippen LogP contribution in [0.3, 0.4) is 0 Å². The van der Waals surface area contributed by atoms with E-state index in [1.54, 1.807) is 0 Å². The topological polar surface area (TPSA) is 66.0 Å². The molecule has 138 valence electrons. The molecule has 7 heteroatoms. The molecule has 1 aliphatic rings. The Morgan fingerprint density at radius 3 is 3.00 bits per heavy atom. The molecule has 0 aliphatic carbocycles. The highest BCUT2D eigenvalue weighted by Crippen LogP contribution is 2.23. The maximum Gasteiger partial charge on any atom is 0.310 e. The fourth-order valence-electron chi connectivity index (χ4n) is 2.80. The average Bonchev–Trinajstić information content (AvgIpc) is 3.07. The van der Waals surface area contributed by atoms with E-state index >= 15 is 0 Å². The van der Waals surface area contributed by atoms with Gasteiger partial charge < -0.3 is 20.3 Å². The Bertz CT molecular complexity index is 608. The first kappa shape index (κ1) is 19.4. The van der Waals surface area contributed by atoms with Crippen LogP contribution in [0.5, 0.6) is 0 Å². The lowest BCUT2D eigenvalue weighted by atomic mass is 10.2. The summed E-state index contributed by atoms with van der Waals surface area (Å²) in [6.45, 7) is 6.85. The standard InChI is InChI=1S/C18H27ClN4O2/c1-4-20-18(21-11-13(2)17(24)25-3)22-15-8-9-23(12-15)16-7-5-6-14(19)10-16/h5-7,10,13,15H,4,8-9,11-12H2,1-3H3,(H2,20,21,22). The molecule has 1 aromatic rings. The van der Waals surface area contributed by atoms with Crippen LogP contribution in [0.1, 0.15) is 20.3 Å². The smallest absolute Gasteiger partial charge is 0.310 e. The average molecular weight is 367 g/mol. The molecule has 1 heterocycles. The zero-order chi connectivity index (χ0) is 18.2. The van der Waals surface area contributed by atoms with Gasteiger partial charge in [-0.3, -0.25) is 9.79 Å². The number of halogens is 1. The van der Waals surface area contributed by atoms with Gasteiger partial charge in [-0.2, -0.15) is 0 Å². The largest absolute Gasteiger partial charge is 0.469 e. The summed E-state index contributed by atoms with van der Waals surface area (Å²) >= 11 is 6.08. The summed E-state index contributed by atoms with van der Waals surface area (Å²) in [4.78, 5) is 18.3. The molecule has 1 fully saturated rings. The van der Waals surface area contributed by atoms with E-state index in [0.29, 0.717) is 12.6 Å². The van der Waals surface area contributed by atoms with Gasteiger partial charge in [0, 0.05) is 36.4 Å². The minimum atomic E-state index is -0.257. The second-order valence-corrected chi connectivity index (χ2v) is 6.64. The number of nitrogens with one attached hydrogen (secondary N) is 2. The third kappa shape index (κ3) is 5.81. The third-order valence-electron chi connectivity index (χ3n) is 4.17. The van der Waals surface area contributed by atoms with Gasteiger partial charge in [-0.05, 0) is 31.5 Å². The summed E-state index contributed by atoms with van der Waals surface area (Å²) < 4.78 is 4.74. The van der Waals surface area contributed by atoms with Crippen molar-refractivity contribution in [1.29, 1.82) is 0 Å². The molecule has 2 N–H and O–H groups in total. The van der Waals surface area contributed by atoms with Gasteiger partial charge in [0.25, 0.3) is 0 Å². The molecule has 2 atom stereocenters. The lowest BCUT2D eigenvalue weighted by Crippen LogP contribution is -2.45. The van der Waals surface area contributed by atoms with Crippen molar-refractivity contribution in [3.8, 4) is 0 Å². The molecule has 2 rings (SSSR count). The number of benzene rings is 1. The van der Waals surface area contributed by atoms with Crippen LogP contribution in [0.25, 0.3) is 0 Å². The van der Waals surface area contributed by atoms with Gasteiger partial charge >= 0.3 is 5.97 Å². The highest BCUT2D eigenvalue weighted by molar-refractivity contribution is 6.30. The van der Waals surface area contributed by atoms with E-state index in [-0.39, 0.29) is 11.9 Å². The lowest BCUT2D eigenvalue weighted by molar-refractivity contribution is -0.144. The van der Waals surface area contributed by atoms with Gasteiger partial charge in [0.05, 0.1) is 19.6 Å². The number of hydrogen-bond donors (Lipinski definition) is 2. The Morgan fingerprint density at radius 1 is 1.52 bits per heavy atom. The van der Waals surface area contributed by atoms with Gasteiger partial charge in [-0.15, -0.1) is 0 Å². The van der Waals surface area contributed by atoms with E-state index in [1.165, 1.54) is 7.11 Å². The number of guanidine groups is 1. The second-order valence-electron chi connectivity index (χ2n) is 6.20. The number of anilines is 1. The summed E-state index contributed by atoms with van der Waals surface area (Å²) in [6, 6.07) is 8.21. The van der Waals surface area contributed by atoms with Crippen LogP contribution in [0, 0.1) is 5.92 Å². The van der Waals surface area contributed by atoms with Crippen LogP contribution in [0.15, 0.2) is 29.3 Å². The van der Waals surface area contributed by atoms with Crippen molar-refractivity contribution in [2.45, 2.75) is 26.3 Å². The molecular formula is C18H27ClN4O2. The molecule has 0 amide bonds. The molecule has 1 aliphatic heterocycles. The SMILES string of the molecule is CCNC(=NCC(C)C(=O)OC)NC1CCN(c2cccc(Cl)c2)C1. The second kappa shape index (κ2) is 9.51. The zero-order valence-electron chi connectivity index (χ0n) is 15.1. The number of aliphatic imine (C=N–C) groups is 1. The Hall–Kier alpha value is -1.95. The van der Waals surface area contributed by atoms with E-state index in [9.17, 15) is 4.79 Å². The summed E-state index contributed by atoms with van der Waals surface area (Å²) in [5, 5.41) is 7.44. The maximum absolute atomic E-state index is 11.5. The normalized spacial score (nSPS) is 18.8. The molecular weight excluding hydrogens is 340 g/mol. The molecule has 1 saturated heterocycles. The van der Waals surface area contributed by atoms with Crippen LogP contribution >= 0.6 is 11.6 Å². The van der Waals surface area contributed by atoms with E-state index < -0.39 is 0 Å². The van der Waals surface area contributed by atoms with E-state index in [4.69, 9.17) is 16.3 Å². The quantitative estimate of drug-likeness (QED) is 0.459. The first-order chi connectivity index (χ1) is 12.0. The predicted molar refractivity (Wildman–Crippen MR) is 102 cm³/mol. The van der Waals surface area contributed by atoms with Gasteiger partial charge in [0.2, 0.25) is 0 Å². The van der Waals surface area contributed by atoms with Gasteiger partial charge in [-0.1, -0.05) is 24.6 Å². The number of rotatable bonds is 6. The fourth-order valence-corrected chi connectivity index (χ4v) is 2.99. The summed E-state index contributed by atoms with van der Waals surface area (Å²) in [7, 11) is 1.40. The van der Waals surface area contributed by atoms with Crippen molar-refractivity contribution in [2.75, 3.05) is 38.2 Å². The van der Waals surface area contributed by atoms with Crippen LogP contribution in [-0.2, 0) is 9.53 Å². The Kier molecular flexibility index (Phi) is 7.37. The summed E-state index contributed by atoms with van der Waals surface area (Å²) in [5.41, 5.74) is 1.14. The van der Waals surface area contributed by atoms with Crippen molar-refractivity contribution >= 4 is 29.2 Å². The van der Waals surface area contributed by atoms with Gasteiger partial charge in [0.1, 0.15) is 0 Å². The first-order valence-corrected chi connectivity index (χ1v) is 9.04. The van der Waals surface area contributed by atoms with Crippen molar-refractivity contribution in [3.63, 3.8) is 0 Å². The van der Waals surface area contributed by atoms with Crippen LogP contribution in [0.4, 0.5) is 5.69 Å². The molecule has 0 saturated carbocycles. The molecule has 1 aromatic carbocycles. The van der Waals surface area contributed by atoms with Crippen molar-refractivity contribution in [2.24, 2.45) is 10.9 Å². The first-order valence-electron chi connectivity index (χ1n) is 8.66. The molecule has 2 unspecified atom stereocenters. The van der Waals surface area contributed by atoms with Crippen LogP contribution in [0.2, 0.25) is 5.02 Å². The fraction of sp³-hybridized carbons (Fsp3) is 0.556.